The number of hydrogen-bond donors (Lipinski definition) is 1. The molecule has 2 N–H and O–H groups in total. The number of nitrogens with two attached hydrogens (primary N) is 1. The number of anilines is 2. The van der Waals surface area contributed by atoms with Gasteiger partial charge in [0, 0.05) is 24.5 Å². The summed E-state index contributed by atoms with van der Waals surface area (Å²) in [5.41, 5.74) is 9.23. The quantitative estimate of drug-likeness (QED) is 0.750. The molecule has 2 heteroatoms. The molecule has 15 heavy (non-hydrogen) atoms. The van der Waals surface area contributed by atoms with Gasteiger partial charge in [0.05, 0.1) is 0 Å². The van der Waals surface area contributed by atoms with Crippen LogP contribution in [0.15, 0.2) is 18.2 Å². The molecule has 2 nitrogen and oxygen atoms in total. The molecule has 0 fully saturated rings. The summed E-state index contributed by atoms with van der Waals surface area (Å²) in [6, 6.07) is 6.35. The summed E-state index contributed by atoms with van der Waals surface area (Å²) in [6.45, 7) is 8.68. The average Bonchev–Trinajstić information content (AvgIpc) is 2.22. The molecular weight excluding hydrogens is 184 g/mol. The minimum Gasteiger partial charge on any atom is -0.398 e. The van der Waals surface area contributed by atoms with Crippen LogP contribution in [0.1, 0.15) is 32.3 Å². The fourth-order valence-electron chi connectivity index (χ4n) is 1.73. The summed E-state index contributed by atoms with van der Waals surface area (Å²) in [7, 11) is 0. The number of nitrogens with zero attached hydrogens (tertiary/aromatic N) is 1. The lowest BCUT2D eigenvalue weighted by atomic mass is 10.1. The standard InChI is InChI=1S/C13H22N2/c1-4-8-15(9-5-2)12-7-6-11(3)13(14)10-12/h6-7,10H,4-5,8-9,14H2,1-3H3. The third kappa shape index (κ3) is 3.15. The van der Waals surface area contributed by atoms with E-state index in [0.29, 0.717) is 0 Å². The van der Waals surface area contributed by atoms with Crippen molar-refractivity contribution in [2.75, 3.05) is 23.7 Å². The molecule has 1 rings (SSSR count). The molecule has 0 radical (unpaired) electrons. The van der Waals surface area contributed by atoms with Gasteiger partial charge in [-0.05, 0) is 37.5 Å². The predicted molar refractivity (Wildman–Crippen MR) is 68.4 cm³/mol. The number of nitrogen functional groups attached to an aromatic ring is 1. The van der Waals surface area contributed by atoms with Gasteiger partial charge >= 0.3 is 0 Å². The van der Waals surface area contributed by atoms with Gasteiger partial charge in [-0.3, -0.25) is 0 Å². The van der Waals surface area contributed by atoms with E-state index in [1.165, 1.54) is 18.5 Å². The molecule has 0 saturated carbocycles. The van der Waals surface area contributed by atoms with Crippen molar-refractivity contribution in [2.45, 2.75) is 33.6 Å². The summed E-state index contributed by atoms with van der Waals surface area (Å²) >= 11 is 0. The Morgan fingerprint density at radius 2 is 1.73 bits per heavy atom. The van der Waals surface area contributed by atoms with E-state index in [1.807, 2.05) is 6.92 Å². The van der Waals surface area contributed by atoms with Crippen LogP contribution >= 0.6 is 0 Å². The van der Waals surface area contributed by atoms with E-state index in [-0.39, 0.29) is 0 Å². The second kappa shape index (κ2) is 5.64. The van der Waals surface area contributed by atoms with Crippen LogP contribution in [0.2, 0.25) is 0 Å². The highest BCUT2D eigenvalue weighted by Crippen LogP contribution is 2.21. The van der Waals surface area contributed by atoms with Gasteiger partial charge in [0.25, 0.3) is 0 Å². The zero-order valence-electron chi connectivity index (χ0n) is 10.1. The molecule has 0 spiro atoms. The van der Waals surface area contributed by atoms with Gasteiger partial charge in [-0.2, -0.15) is 0 Å². The molecule has 1 aromatic rings. The summed E-state index contributed by atoms with van der Waals surface area (Å²) in [5.74, 6) is 0. The molecule has 0 aromatic heterocycles. The van der Waals surface area contributed by atoms with Crippen molar-refractivity contribution in [1.82, 2.24) is 0 Å². The number of rotatable bonds is 5. The zero-order valence-corrected chi connectivity index (χ0v) is 10.1. The first-order valence-corrected chi connectivity index (χ1v) is 5.80. The highest BCUT2D eigenvalue weighted by molar-refractivity contribution is 5.59. The smallest absolute Gasteiger partial charge is 0.0387 e. The molecular formula is C13H22N2. The third-order valence-corrected chi connectivity index (χ3v) is 2.62. The highest BCUT2D eigenvalue weighted by atomic mass is 15.1. The molecule has 84 valence electrons. The molecule has 1 aromatic carbocycles. The molecule has 0 saturated heterocycles. The molecule has 0 amide bonds. The minimum absolute atomic E-state index is 0.893. The van der Waals surface area contributed by atoms with Crippen LogP contribution in [-0.2, 0) is 0 Å². The molecule has 0 aliphatic carbocycles. The zero-order chi connectivity index (χ0) is 11.3. The van der Waals surface area contributed by atoms with Gasteiger partial charge in [-0.1, -0.05) is 19.9 Å². The van der Waals surface area contributed by atoms with Crippen LogP contribution in [0.4, 0.5) is 11.4 Å². The highest BCUT2D eigenvalue weighted by Gasteiger charge is 2.05. The van der Waals surface area contributed by atoms with Crippen LogP contribution < -0.4 is 10.6 Å². The fraction of sp³-hybridized carbons (Fsp3) is 0.538. The summed E-state index contributed by atoms with van der Waals surface area (Å²) in [5, 5.41) is 0. The molecule has 0 unspecified atom stereocenters. The van der Waals surface area contributed by atoms with Gasteiger partial charge in [-0.25, -0.2) is 0 Å². The predicted octanol–water partition coefficient (Wildman–Crippen LogP) is 3.20. The van der Waals surface area contributed by atoms with E-state index >= 15 is 0 Å². The summed E-state index contributed by atoms with van der Waals surface area (Å²) in [4.78, 5) is 2.40. The van der Waals surface area contributed by atoms with Gasteiger partial charge in [-0.15, -0.1) is 0 Å². The van der Waals surface area contributed by atoms with Crippen molar-refractivity contribution < 1.29 is 0 Å². The SMILES string of the molecule is CCCN(CCC)c1ccc(C)c(N)c1. The number of hydrogen-bond acceptors (Lipinski definition) is 2. The van der Waals surface area contributed by atoms with E-state index in [1.54, 1.807) is 0 Å². The van der Waals surface area contributed by atoms with E-state index in [0.717, 1.165) is 24.3 Å². The van der Waals surface area contributed by atoms with E-state index in [9.17, 15) is 0 Å². The monoisotopic (exact) mass is 206 g/mol. The normalized spacial score (nSPS) is 10.3. The maximum atomic E-state index is 5.92. The Kier molecular flexibility index (Phi) is 4.47. The Labute approximate surface area is 93.1 Å². The summed E-state index contributed by atoms with van der Waals surface area (Å²) < 4.78 is 0. The topological polar surface area (TPSA) is 29.3 Å². The van der Waals surface area contributed by atoms with Crippen molar-refractivity contribution in [3.8, 4) is 0 Å². The van der Waals surface area contributed by atoms with Crippen LogP contribution in [0, 0.1) is 6.92 Å². The maximum Gasteiger partial charge on any atom is 0.0387 e. The maximum absolute atomic E-state index is 5.92. The van der Waals surface area contributed by atoms with Crippen molar-refractivity contribution >= 4 is 11.4 Å². The van der Waals surface area contributed by atoms with Crippen LogP contribution in [-0.4, -0.2) is 13.1 Å². The molecule has 0 atom stereocenters. The van der Waals surface area contributed by atoms with Crippen LogP contribution in [0.25, 0.3) is 0 Å². The molecule has 0 bridgehead atoms. The summed E-state index contributed by atoms with van der Waals surface area (Å²) in [6.07, 6.45) is 2.35. The number of aryl methyl sites for hydroxylation is 1. The van der Waals surface area contributed by atoms with Crippen molar-refractivity contribution in [3.63, 3.8) is 0 Å². The van der Waals surface area contributed by atoms with Crippen LogP contribution in [0.5, 0.6) is 0 Å². The second-order valence-corrected chi connectivity index (χ2v) is 4.03. The number of benzene rings is 1. The van der Waals surface area contributed by atoms with Gasteiger partial charge in [0.2, 0.25) is 0 Å². The Morgan fingerprint density at radius 1 is 1.13 bits per heavy atom. The lowest BCUT2D eigenvalue weighted by Crippen LogP contribution is -2.24. The first-order chi connectivity index (χ1) is 7.19. The lowest BCUT2D eigenvalue weighted by Gasteiger charge is -2.24. The van der Waals surface area contributed by atoms with Crippen molar-refractivity contribution in [2.24, 2.45) is 0 Å². The van der Waals surface area contributed by atoms with Crippen molar-refractivity contribution in [3.05, 3.63) is 23.8 Å². The first-order valence-electron chi connectivity index (χ1n) is 5.80. The minimum atomic E-state index is 0.893. The second-order valence-electron chi connectivity index (χ2n) is 4.03. The molecule has 0 heterocycles. The van der Waals surface area contributed by atoms with Gasteiger partial charge < -0.3 is 10.6 Å². The van der Waals surface area contributed by atoms with Crippen LogP contribution in [0.3, 0.4) is 0 Å². The third-order valence-electron chi connectivity index (χ3n) is 2.62. The largest absolute Gasteiger partial charge is 0.398 e. The first kappa shape index (κ1) is 11.9. The van der Waals surface area contributed by atoms with Crippen molar-refractivity contribution in [1.29, 1.82) is 0 Å². The van der Waals surface area contributed by atoms with Gasteiger partial charge in [0.15, 0.2) is 0 Å². The Balaban J connectivity index is 2.85. The van der Waals surface area contributed by atoms with Gasteiger partial charge in [0.1, 0.15) is 0 Å². The lowest BCUT2D eigenvalue weighted by molar-refractivity contribution is 0.745. The average molecular weight is 206 g/mol. The van der Waals surface area contributed by atoms with E-state index < -0.39 is 0 Å². The Morgan fingerprint density at radius 3 is 2.20 bits per heavy atom. The molecule has 0 aliphatic heterocycles. The fourth-order valence-corrected chi connectivity index (χ4v) is 1.73. The molecule has 0 aliphatic rings. The Bertz CT molecular complexity index is 301. The van der Waals surface area contributed by atoms with E-state index in [4.69, 9.17) is 5.73 Å². The Hall–Kier alpha value is -1.18. The van der Waals surface area contributed by atoms with E-state index in [2.05, 4.69) is 36.9 Å².